The van der Waals surface area contributed by atoms with Crippen molar-refractivity contribution in [1.82, 2.24) is 0 Å². The van der Waals surface area contributed by atoms with Gasteiger partial charge < -0.3 is 14.8 Å². The zero-order valence-electron chi connectivity index (χ0n) is 14.8. The van der Waals surface area contributed by atoms with Crippen LogP contribution in [0.2, 0.25) is 0 Å². The second-order valence-corrected chi connectivity index (χ2v) is 6.52. The first-order valence-corrected chi connectivity index (χ1v) is 8.73. The SMILES string of the molecule is COC(C)c1cccc(NC(=O)C2(c3ccccc3)CCOCC2)c1. The summed E-state index contributed by atoms with van der Waals surface area (Å²) in [6.45, 7) is 3.19. The van der Waals surface area contributed by atoms with E-state index in [2.05, 4.69) is 5.32 Å². The number of anilines is 1. The first-order chi connectivity index (χ1) is 12.2. The van der Waals surface area contributed by atoms with Gasteiger partial charge >= 0.3 is 0 Å². The number of benzene rings is 2. The maximum atomic E-state index is 13.2. The smallest absolute Gasteiger partial charge is 0.235 e. The first kappa shape index (κ1) is 17.6. The van der Waals surface area contributed by atoms with Crippen molar-refractivity contribution in [2.75, 3.05) is 25.6 Å². The van der Waals surface area contributed by atoms with Crippen molar-refractivity contribution in [2.24, 2.45) is 0 Å². The van der Waals surface area contributed by atoms with Crippen molar-refractivity contribution in [3.8, 4) is 0 Å². The Morgan fingerprint density at radius 3 is 2.52 bits per heavy atom. The average Bonchev–Trinajstić information content (AvgIpc) is 2.68. The molecule has 0 aliphatic carbocycles. The number of carbonyl (C=O) groups is 1. The molecular weight excluding hydrogens is 314 g/mol. The van der Waals surface area contributed by atoms with Crippen molar-refractivity contribution in [3.05, 3.63) is 65.7 Å². The number of carbonyl (C=O) groups excluding carboxylic acids is 1. The predicted octanol–water partition coefficient (Wildman–Crippen LogP) is 4.08. The Morgan fingerprint density at radius 2 is 1.84 bits per heavy atom. The third kappa shape index (κ3) is 3.75. The standard InChI is InChI=1S/C21H25NO3/c1-16(24-2)17-7-6-10-19(15-17)22-20(23)21(11-13-25-14-12-21)18-8-4-3-5-9-18/h3-10,15-16H,11-14H2,1-2H3,(H,22,23). The molecule has 0 bridgehead atoms. The van der Waals surface area contributed by atoms with Crippen LogP contribution in [0.15, 0.2) is 54.6 Å². The number of hydrogen-bond donors (Lipinski definition) is 1. The number of ether oxygens (including phenoxy) is 2. The molecule has 2 aromatic rings. The van der Waals surface area contributed by atoms with Crippen molar-refractivity contribution in [1.29, 1.82) is 0 Å². The van der Waals surface area contributed by atoms with Crippen LogP contribution < -0.4 is 5.32 Å². The quantitative estimate of drug-likeness (QED) is 0.893. The Kier molecular flexibility index (Phi) is 5.51. The van der Waals surface area contributed by atoms with E-state index in [9.17, 15) is 4.79 Å². The van der Waals surface area contributed by atoms with Crippen molar-refractivity contribution in [3.63, 3.8) is 0 Å². The molecule has 1 heterocycles. The highest BCUT2D eigenvalue weighted by molar-refractivity contribution is 5.99. The van der Waals surface area contributed by atoms with Crippen LogP contribution in [0.4, 0.5) is 5.69 Å². The lowest BCUT2D eigenvalue weighted by atomic mass is 9.73. The molecule has 0 radical (unpaired) electrons. The van der Waals surface area contributed by atoms with Crippen LogP contribution in [-0.4, -0.2) is 26.2 Å². The van der Waals surface area contributed by atoms with Crippen LogP contribution in [0.5, 0.6) is 0 Å². The number of methoxy groups -OCH3 is 1. The molecule has 1 unspecified atom stereocenters. The van der Waals surface area contributed by atoms with E-state index >= 15 is 0 Å². The van der Waals surface area contributed by atoms with Crippen molar-refractivity contribution in [2.45, 2.75) is 31.3 Å². The molecule has 1 saturated heterocycles. The molecule has 2 aromatic carbocycles. The molecule has 132 valence electrons. The van der Waals surface area contributed by atoms with E-state index in [0.717, 1.165) is 16.8 Å². The third-order valence-corrected chi connectivity index (χ3v) is 5.07. The molecule has 0 saturated carbocycles. The monoisotopic (exact) mass is 339 g/mol. The van der Waals surface area contributed by atoms with Crippen LogP contribution in [0, 0.1) is 0 Å². The summed E-state index contributed by atoms with van der Waals surface area (Å²) in [6.07, 6.45) is 1.37. The molecular formula is C21H25NO3. The van der Waals surface area contributed by atoms with Gasteiger partial charge in [-0.25, -0.2) is 0 Å². The Labute approximate surface area is 149 Å². The van der Waals surface area contributed by atoms with E-state index < -0.39 is 5.41 Å². The van der Waals surface area contributed by atoms with Gasteiger partial charge in [-0.15, -0.1) is 0 Å². The number of rotatable bonds is 5. The fourth-order valence-electron chi connectivity index (χ4n) is 3.38. The highest BCUT2D eigenvalue weighted by Crippen LogP contribution is 2.36. The summed E-state index contributed by atoms with van der Waals surface area (Å²) in [5.74, 6) is 0.0317. The van der Waals surface area contributed by atoms with E-state index in [-0.39, 0.29) is 12.0 Å². The summed E-state index contributed by atoms with van der Waals surface area (Å²) in [7, 11) is 1.68. The van der Waals surface area contributed by atoms with Gasteiger partial charge in [0.25, 0.3) is 0 Å². The highest BCUT2D eigenvalue weighted by atomic mass is 16.5. The highest BCUT2D eigenvalue weighted by Gasteiger charge is 2.41. The van der Waals surface area contributed by atoms with Crippen molar-refractivity contribution < 1.29 is 14.3 Å². The van der Waals surface area contributed by atoms with Gasteiger partial charge in [-0.1, -0.05) is 42.5 Å². The lowest BCUT2D eigenvalue weighted by molar-refractivity contribution is -0.125. The normalized spacial score (nSPS) is 17.7. The largest absolute Gasteiger partial charge is 0.381 e. The van der Waals surface area contributed by atoms with Crippen LogP contribution >= 0.6 is 0 Å². The molecule has 1 N–H and O–H groups in total. The van der Waals surface area contributed by atoms with Crippen LogP contribution in [0.25, 0.3) is 0 Å². The maximum absolute atomic E-state index is 13.2. The molecule has 0 aromatic heterocycles. The molecule has 1 aliphatic rings. The molecule has 4 heteroatoms. The Balaban J connectivity index is 1.87. The molecule has 4 nitrogen and oxygen atoms in total. The van der Waals surface area contributed by atoms with Crippen LogP contribution in [-0.2, 0) is 19.7 Å². The summed E-state index contributed by atoms with van der Waals surface area (Å²) in [5.41, 5.74) is 2.36. The zero-order valence-corrected chi connectivity index (χ0v) is 14.8. The topological polar surface area (TPSA) is 47.6 Å². The second-order valence-electron chi connectivity index (χ2n) is 6.52. The maximum Gasteiger partial charge on any atom is 0.235 e. The van der Waals surface area contributed by atoms with Gasteiger partial charge in [0, 0.05) is 26.0 Å². The van der Waals surface area contributed by atoms with Gasteiger partial charge in [0.05, 0.1) is 11.5 Å². The predicted molar refractivity (Wildman–Crippen MR) is 98.7 cm³/mol. The summed E-state index contributed by atoms with van der Waals surface area (Å²) in [5, 5.41) is 3.12. The molecule has 1 atom stereocenters. The minimum Gasteiger partial charge on any atom is -0.381 e. The van der Waals surface area contributed by atoms with E-state index in [1.54, 1.807) is 7.11 Å². The van der Waals surface area contributed by atoms with E-state index in [1.807, 2.05) is 61.5 Å². The fourth-order valence-corrected chi connectivity index (χ4v) is 3.38. The summed E-state index contributed by atoms with van der Waals surface area (Å²) < 4.78 is 10.9. The fraction of sp³-hybridized carbons (Fsp3) is 0.381. The van der Waals surface area contributed by atoms with Gasteiger partial charge in [0.2, 0.25) is 5.91 Å². The first-order valence-electron chi connectivity index (χ1n) is 8.73. The Morgan fingerprint density at radius 1 is 1.12 bits per heavy atom. The summed E-state index contributed by atoms with van der Waals surface area (Å²) in [6, 6.07) is 17.9. The van der Waals surface area contributed by atoms with Crippen LogP contribution in [0.1, 0.15) is 37.0 Å². The number of amides is 1. The van der Waals surface area contributed by atoms with E-state index in [0.29, 0.717) is 26.1 Å². The summed E-state index contributed by atoms with van der Waals surface area (Å²) >= 11 is 0. The van der Waals surface area contributed by atoms with E-state index in [1.165, 1.54) is 0 Å². The lowest BCUT2D eigenvalue weighted by Crippen LogP contribution is -2.44. The second kappa shape index (κ2) is 7.81. The lowest BCUT2D eigenvalue weighted by Gasteiger charge is -2.36. The number of nitrogens with one attached hydrogen (secondary N) is 1. The summed E-state index contributed by atoms with van der Waals surface area (Å²) in [4.78, 5) is 13.2. The van der Waals surface area contributed by atoms with Gasteiger partial charge in [-0.3, -0.25) is 4.79 Å². The van der Waals surface area contributed by atoms with Gasteiger partial charge in [0.1, 0.15) is 0 Å². The molecule has 1 aliphatic heterocycles. The van der Waals surface area contributed by atoms with Gasteiger partial charge in [0.15, 0.2) is 0 Å². The Hall–Kier alpha value is -2.17. The van der Waals surface area contributed by atoms with Crippen LogP contribution in [0.3, 0.4) is 0 Å². The number of hydrogen-bond acceptors (Lipinski definition) is 3. The zero-order chi connectivity index (χ0) is 17.7. The molecule has 1 amide bonds. The molecule has 3 rings (SSSR count). The Bertz CT molecular complexity index is 708. The molecule has 1 fully saturated rings. The third-order valence-electron chi connectivity index (χ3n) is 5.07. The van der Waals surface area contributed by atoms with E-state index in [4.69, 9.17) is 9.47 Å². The minimum absolute atomic E-state index is 0.0111. The van der Waals surface area contributed by atoms with Gasteiger partial charge in [-0.05, 0) is 43.0 Å². The van der Waals surface area contributed by atoms with Crippen molar-refractivity contribution >= 4 is 11.6 Å². The molecule has 0 spiro atoms. The molecule has 25 heavy (non-hydrogen) atoms. The average molecular weight is 339 g/mol. The van der Waals surface area contributed by atoms with Gasteiger partial charge in [-0.2, -0.15) is 0 Å². The minimum atomic E-state index is -0.539.